The Morgan fingerprint density at radius 3 is 2.23 bits per heavy atom. The molecule has 0 aliphatic rings. The molecule has 0 fully saturated rings. The van der Waals surface area contributed by atoms with Gasteiger partial charge in [-0.15, -0.1) is 23.1 Å². The van der Waals surface area contributed by atoms with E-state index in [0.717, 1.165) is 37.6 Å². The number of carbonyl (C=O) groups excluding carboxylic acids is 1. The standard InChI is InChI=1S/C30H23BrN4OS3/c31-22-16-14-20(15-17-22)26-19-38-30(34-26)35-28(36)27(21-8-3-1-4-9-21)39-25-13-7-12-24(18-25)33-29(37)32-23-10-5-2-6-11-23/h1-19,27H,(H2,32,33,37)(H,34,35,36). The molecule has 3 N–H and O–H groups in total. The van der Waals surface area contributed by atoms with Gasteiger partial charge in [-0.05, 0) is 60.2 Å². The van der Waals surface area contributed by atoms with Crippen LogP contribution in [0.4, 0.5) is 16.5 Å². The number of nitrogens with zero attached hydrogens (tertiary/aromatic N) is 1. The van der Waals surface area contributed by atoms with Crippen molar-refractivity contribution in [1.82, 2.24) is 4.98 Å². The summed E-state index contributed by atoms with van der Waals surface area (Å²) < 4.78 is 1.01. The maximum absolute atomic E-state index is 13.6. The number of thiazole rings is 1. The molecule has 5 rings (SSSR count). The van der Waals surface area contributed by atoms with Crippen molar-refractivity contribution in [1.29, 1.82) is 0 Å². The number of anilines is 3. The van der Waals surface area contributed by atoms with Gasteiger partial charge in [0.2, 0.25) is 5.91 Å². The lowest BCUT2D eigenvalue weighted by Gasteiger charge is -2.17. The summed E-state index contributed by atoms with van der Waals surface area (Å²) in [4.78, 5) is 19.1. The number of hydrogen-bond acceptors (Lipinski definition) is 5. The number of halogens is 1. The van der Waals surface area contributed by atoms with Crippen LogP contribution in [0.3, 0.4) is 0 Å². The summed E-state index contributed by atoms with van der Waals surface area (Å²) in [6.45, 7) is 0. The quantitative estimate of drug-likeness (QED) is 0.118. The highest BCUT2D eigenvalue weighted by molar-refractivity contribution is 9.10. The van der Waals surface area contributed by atoms with Crippen LogP contribution in [0.25, 0.3) is 11.3 Å². The van der Waals surface area contributed by atoms with Crippen LogP contribution < -0.4 is 16.0 Å². The third-order valence-corrected chi connectivity index (χ3v) is 8.33. The van der Waals surface area contributed by atoms with E-state index in [1.165, 1.54) is 23.1 Å². The largest absolute Gasteiger partial charge is 0.332 e. The molecule has 0 bridgehead atoms. The Morgan fingerprint density at radius 2 is 1.49 bits per heavy atom. The van der Waals surface area contributed by atoms with Crippen LogP contribution in [0.5, 0.6) is 0 Å². The zero-order valence-electron chi connectivity index (χ0n) is 20.5. The van der Waals surface area contributed by atoms with Gasteiger partial charge in [0.15, 0.2) is 10.2 Å². The average Bonchev–Trinajstić information content (AvgIpc) is 3.41. The SMILES string of the molecule is O=C(Nc1nc(-c2ccc(Br)cc2)cs1)C(Sc1cccc(NC(=S)Nc2ccccc2)c1)c1ccccc1. The molecule has 4 aromatic carbocycles. The first-order valence-electron chi connectivity index (χ1n) is 12.0. The van der Waals surface area contributed by atoms with E-state index in [1.807, 2.05) is 115 Å². The van der Waals surface area contributed by atoms with Crippen molar-refractivity contribution >= 4 is 78.8 Å². The zero-order chi connectivity index (χ0) is 27.0. The first kappa shape index (κ1) is 27.1. The number of carbonyl (C=O) groups is 1. The maximum atomic E-state index is 13.6. The molecular formula is C30H23BrN4OS3. The van der Waals surface area contributed by atoms with Gasteiger partial charge in [-0.3, -0.25) is 4.79 Å². The van der Waals surface area contributed by atoms with Gasteiger partial charge in [0.1, 0.15) is 5.25 Å². The van der Waals surface area contributed by atoms with E-state index in [2.05, 4.69) is 36.9 Å². The molecule has 194 valence electrons. The molecule has 0 aliphatic carbocycles. The van der Waals surface area contributed by atoms with Gasteiger partial charge in [0.05, 0.1) is 5.69 Å². The first-order valence-corrected chi connectivity index (χ1v) is 15.0. The van der Waals surface area contributed by atoms with Crippen molar-refractivity contribution < 1.29 is 4.79 Å². The highest BCUT2D eigenvalue weighted by Gasteiger charge is 2.23. The Bertz CT molecular complexity index is 1560. The Balaban J connectivity index is 1.30. The van der Waals surface area contributed by atoms with Gasteiger partial charge in [-0.1, -0.05) is 82.7 Å². The second-order valence-electron chi connectivity index (χ2n) is 8.42. The molecule has 1 aromatic heterocycles. The lowest BCUT2D eigenvalue weighted by Crippen LogP contribution is -2.19. The van der Waals surface area contributed by atoms with Crippen molar-refractivity contribution in [3.8, 4) is 11.3 Å². The first-order chi connectivity index (χ1) is 19.0. The summed E-state index contributed by atoms with van der Waals surface area (Å²) in [7, 11) is 0. The molecule has 0 saturated carbocycles. The number of para-hydroxylation sites is 1. The molecule has 1 heterocycles. The molecule has 0 saturated heterocycles. The summed E-state index contributed by atoms with van der Waals surface area (Å²) in [5, 5.41) is 12.0. The van der Waals surface area contributed by atoms with Crippen molar-refractivity contribution in [2.45, 2.75) is 10.1 Å². The van der Waals surface area contributed by atoms with E-state index in [1.54, 1.807) is 0 Å². The van der Waals surface area contributed by atoms with Crippen LogP contribution in [0, 0.1) is 0 Å². The van der Waals surface area contributed by atoms with Crippen molar-refractivity contribution in [2.75, 3.05) is 16.0 Å². The van der Waals surface area contributed by atoms with Crippen LogP contribution in [0.2, 0.25) is 0 Å². The van der Waals surface area contributed by atoms with Crippen LogP contribution in [0.15, 0.2) is 124 Å². The highest BCUT2D eigenvalue weighted by Crippen LogP contribution is 2.38. The molecule has 1 unspecified atom stereocenters. The highest BCUT2D eigenvalue weighted by atomic mass is 79.9. The Morgan fingerprint density at radius 1 is 0.821 bits per heavy atom. The topological polar surface area (TPSA) is 66.0 Å². The number of benzene rings is 4. The van der Waals surface area contributed by atoms with E-state index >= 15 is 0 Å². The Kier molecular flexibility index (Phi) is 9.05. The van der Waals surface area contributed by atoms with Crippen LogP contribution in [-0.2, 0) is 4.79 Å². The molecule has 0 spiro atoms. The minimum Gasteiger partial charge on any atom is -0.332 e. The van der Waals surface area contributed by atoms with E-state index in [9.17, 15) is 4.79 Å². The van der Waals surface area contributed by atoms with Crippen LogP contribution >= 0.6 is 51.2 Å². The fourth-order valence-corrected chi connectivity index (χ4v) is 6.06. The van der Waals surface area contributed by atoms with E-state index in [0.29, 0.717) is 10.2 Å². The van der Waals surface area contributed by atoms with E-state index < -0.39 is 5.25 Å². The average molecular weight is 632 g/mol. The van der Waals surface area contributed by atoms with Gasteiger partial charge in [-0.25, -0.2) is 4.98 Å². The Labute approximate surface area is 249 Å². The molecule has 5 aromatic rings. The van der Waals surface area contributed by atoms with Crippen LogP contribution in [-0.4, -0.2) is 16.0 Å². The van der Waals surface area contributed by atoms with E-state index in [-0.39, 0.29) is 5.91 Å². The molecule has 1 atom stereocenters. The minimum atomic E-state index is -0.476. The predicted molar refractivity (Wildman–Crippen MR) is 172 cm³/mol. The van der Waals surface area contributed by atoms with Gasteiger partial charge in [-0.2, -0.15) is 0 Å². The number of aromatic nitrogens is 1. The Hall–Kier alpha value is -3.50. The fraction of sp³-hybridized carbons (Fsp3) is 0.0333. The molecule has 9 heteroatoms. The number of rotatable bonds is 8. The zero-order valence-corrected chi connectivity index (χ0v) is 24.5. The van der Waals surface area contributed by atoms with E-state index in [4.69, 9.17) is 12.2 Å². The monoisotopic (exact) mass is 630 g/mol. The normalized spacial score (nSPS) is 11.4. The molecule has 0 radical (unpaired) electrons. The van der Waals surface area contributed by atoms with Gasteiger partial charge in [0.25, 0.3) is 0 Å². The van der Waals surface area contributed by atoms with Crippen LogP contribution in [0.1, 0.15) is 10.8 Å². The maximum Gasteiger partial charge on any atom is 0.244 e. The number of nitrogens with one attached hydrogen (secondary N) is 3. The third-order valence-electron chi connectivity index (χ3n) is 5.59. The summed E-state index contributed by atoms with van der Waals surface area (Å²) in [5.41, 5.74) is 4.47. The third kappa shape index (κ3) is 7.54. The summed E-state index contributed by atoms with van der Waals surface area (Å²) in [6.07, 6.45) is 0. The number of amides is 1. The summed E-state index contributed by atoms with van der Waals surface area (Å²) in [5.74, 6) is -0.137. The van der Waals surface area contributed by atoms with Gasteiger partial charge in [0, 0.05) is 31.7 Å². The molecule has 1 amide bonds. The second kappa shape index (κ2) is 13.0. The van der Waals surface area contributed by atoms with Crippen molar-refractivity contribution in [2.24, 2.45) is 0 Å². The van der Waals surface area contributed by atoms with Gasteiger partial charge < -0.3 is 16.0 Å². The molecule has 39 heavy (non-hydrogen) atoms. The number of thioether (sulfide) groups is 1. The number of thiocarbonyl (C=S) groups is 1. The fourth-order valence-electron chi connectivity index (χ4n) is 3.75. The second-order valence-corrected chi connectivity index (χ2v) is 11.8. The molecule has 0 aliphatic heterocycles. The summed E-state index contributed by atoms with van der Waals surface area (Å²) >= 11 is 11.8. The predicted octanol–water partition coefficient (Wildman–Crippen LogP) is 8.85. The van der Waals surface area contributed by atoms with Gasteiger partial charge >= 0.3 is 0 Å². The lowest BCUT2D eigenvalue weighted by molar-refractivity contribution is -0.115. The molecule has 5 nitrogen and oxygen atoms in total. The van der Waals surface area contributed by atoms with Crippen molar-refractivity contribution in [3.05, 3.63) is 125 Å². The smallest absolute Gasteiger partial charge is 0.244 e. The molecular weight excluding hydrogens is 608 g/mol. The minimum absolute atomic E-state index is 0.137. The summed E-state index contributed by atoms with van der Waals surface area (Å²) in [6, 6.07) is 35.3. The lowest BCUT2D eigenvalue weighted by atomic mass is 10.1. The van der Waals surface area contributed by atoms with Crippen molar-refractivity contribution in [3.63, 3.8) is 0 Å². The number of hydrogen-bond donors (Lipinski definition) is 3.